The van der Waals surface area contributed by atoms with E-state index in [-0.39, 0.29) is 30.0 Å². The molecule has 2 unspecified atom stereocenters. The van der Waals surface area contributed by atoms with Crippen LogP contribution in [0.4, 0.5) is 0 Å². The Morgan fingerprint density at radius 1 is 1.41 bits per heavy atom. The second kappa shape index (κ2) is 8.13. The summed E-state index contributed by atoms with van der Waals surface area (Å²) in [5.41, 5.74) is 7.61. The Balaban J connectivity index is 1.80. The smallest absolute Gasteiger partial charge is 0.339 e. The predicted molar refractivity (Wildman–Crippen MR) is 105 cm³/mol. The van der Waals surface area contributed by atoms with Gasteiger partial charge in [0.2, 0.25) is 5.91 Å². The maximum Gasteiger partial charge on any atom is 0.339 e. The largest absolute Gasteiger partial charge is 0.497 e. The number of carbonyl (C=O) groups is 1. The number of piperidine rings is 1. The average molecular weight is 372 g/mol. The molecule has 2 atom stereocenters. The fourth-order valence-corrected chi connectivity index (χ4v) is 3.98. The second-order valence-corrected chi connectivity index (χ2v) is 7.36. The van der Waals surface area contributed by atoms with E-state index in [4.69, 9.17) is 14.9 Å². The maximum atomic E-state index is 12.8. The molecular weight excluding hydrogens is 344 g/mol. The van der Waals surface area contributed by atoms with Gasteiger partial charge in [0, 0.05) is 42.1 Å². The number of nitrogens with zero attached hydrogens (tertiary/aromatic N) is 1. The van der Waals surface area contributed by atoms with Gasteiger partial charge in [-0.2, -0.15) is 0 Å². The number of fused-ring (bicyclic) bond motifs is 1. The van der Waals surface area contributed by atoms with Gasteiger partial charge in [0.1, 0.15) is 11.3 Å². The van der Waals surface area contributed by atoms with Crippen molar-refractivity contribution < 1.29 is 13.9 Å². The Hall–Kier alpha value is -2.34. The van der Waals surface area contributed by atoms with Crippen LogP contribution in [0.25, 0.3) is 11.0 Å². The lowest BCUT2D eigenvalue weighted by Crippen LogP contribution is -2.51. The zero-order chi connectivity index (χ0) is 19.6. The van der Waals surface area contributed by atoms with Crippen molar-refractivity contribution in [3.63, 3.8) is 0 Å². The van der Waals surface area contributed by atoms with Crippen LogP contribution in [-0.2, 0) is 11.2 Å². The van der Waals surface area contributed by atoms with Crippen LogP contribution < -0.4 is 16.1 Å². The molecule has 1 aliphatic heterocycles. The van der Waals surface area contributed by atoms with Crippen molar-refractivity contribution in [1.82, 2.24) is 4.90 Å². The molecule has 27 heavy (non-hydrogen) atoms. The van der Waals surface area contributed by atoms with E-state index in [1.165, 1.54) is 0 Å². The molecule has 1 aliphatic rings. The number of benzene rings is 1. The third-order valence-corrected chi connectivity index (χ3v) is 5.56. The standard InChI is InChI=1S/C21H28N2O4/c1-13-16-8-7-15(26-3)12-19(16)27-21(25)17(13)9-10-20(24)23-11-5-4-6-18(23)14(2)22/h7-8,12,14,18H,4-6,9-11,22H2,1-3H3. The highest BCUT2D eigenvalue weighted by Crippen LogP contribution is 2.25. The lowest BCUT2D eigenvalue weighted by molar-refractivity contribution is -0.135. The van der Waals surface area contributed by atoms with Gasteiger partial charge in [-0.25, -0.2) is 4.79 Å². The summed E-state index contributed by atoms with van der Waals surface area (Å²) in [5.74, 6) is 0.700. The number of nitrogens with two attached hydrogens (primary N) is 1. The van der Waals surface area contributed by atoms with Crippen molar-refractivity contribution >= 4 is 16.9 Å². The summed E-state index contributed by atoms with van der Waals surface area (Å²) in [7, 11) is 1.57. The van der Waals surface area contributed by atoms with E-state index in [1.807, 2.05) is 30.9 Å². The molecule has 0 spiro atoms. The van der Waals surface area contributed by atoms with Gasteiger partial charge in [-0.1, -0.05) is 0 Å². The Morgan fingerprint density at radius 2 is 2.19 bits per heavy atom. The average Bonchev–Trinajstić information content (AvgIpc) is 2.67. The number of ether oxygens (including phenoxy) is 1. The summed E-state index contributed by atoms with van der Waals surface area (Å²) in [6.45, 7) is 4.60. The molecule has 146 valence electrons. The van der Waals surface area contributed by atoms with Gasteiger partial charge in [-0.3, -0.25) is 4.79 Å². The molecule has 1 fully saturated rings. The molecule has 0 bridgehead atoms. The third-order valence-electron chi connectivity index (χ3n) is 5.56. The molecule has 1 aromatic carbocycles. The van der Waals surface area contributed by atoms with Crippen LogP contribution in [0.2, 0.25) is 0 Å². The van der Waals surface area contributed by atoms with Gasteiger partial charge in [-0.05, 0) is 57.2 Å². The number of carbonyl (C=O) groups excluding carboxylic acids is 1. The van der Waals surface area contributed by atoms with Crippen molar-refractivity contribution in [3.05, 3.63) is 39.7 Å². The molecule has 2 N–H and O–H groups in total. The van der Waals surface area contributed by atoms with Crippen molar-refractivity contribution in [2.75, 3.05) is 13.7 Å². The predicted octanol–water partition coefficient (Wildman–Crippen LogP) is 2.77. The first-order valence-electron chi connectivity index (χ1n) is 9.57. The maximum absolute atomic E-state index is 12.8. The number of aryl methyl sites for hydroxylation is 1. The summed E-state index contributed by atoms with van der Waals surface area (Å²) in [6, 6.07) is 5.48. The van der Waals surface area contributed by atoms with Crippen LogP contribution in [0.5, 0.6) is 5.75 Å². The number of hydrogen-bond donors (Lipinski definition) is 1. The minimum atomic E-state index is -0.386. The zero-order valence-corrected chi connectivity index (χ0v) is 16.3. The highest BCUT2D eigenvalue weighted by molar-refractivity contribution is 5.83. The molecule has 1 saturated heterocycles. The van der Waals surface area contributed by atoms with Gasteiger partial charge in [0.05, 0.1) is 7.11 Å². The van der Waals surface area contributed by atoms with E-state index in [9.17, 15) is 9.59 Å². The van der Waals surface area contributed by atoms with E-state index in [1.54, 1.807) is 13.2 Å². The van der Waals surface area contributed by atoms with Crippen LogP contribution >= 0.6 is 0 Å². The zero-order valence-electron chi connectivity index (χ0n) is 16.3. The van der Waals surface area contributed by atoms with Crippen molar-refractivity contribution in [1.29, 1.82) is 0 Å². The van der Waals surface area contributed by atoms with E-state index >= 15 is 0 Å². The van der Waals surface area contributed by atoms with E-state index < -0.39 is 0 Å². The quantitative estimate of drug-likeness (QED) is 0.816. The summed E-state index contributed by atoms with van der Waals surface area (Å²) < 4.78 is 10.7. The van der Waals surface area contributed by atoms with Crippen LogP contribution in [0.3, 0.4) is 0 Å². The van der Waals surface area contributed by atoms with E-state index in [0.29, 0.717) is 23.3 Å². The van der Waals surface area contributed by atoms with Crippen molar-refractivity contribution in [2.45, 2.75) is 58.0 Å². The van der Waals surface area contributed by atoms with Gasteiger partial charge in [0.25, 0.3) is 0 Å². The Bertz CT molecular complexity index is 888. The van der Waals surface area contributed by atoms with Gasteiger partial charge in [0.15, 0.2) is 0 Å². The summed E-state index contributed by atoms with van der Waals surface area (Å²) in [4.78, 5) is 27.1. The van der Waals surface area contributed by atoms with E-state index in [0.717, 1.165) is 36.8 Å². The summed E-state index contributed by atoms with van der Waals surface area (Å²) in [5, 5.41) is 0.865. The van der Waals surface area contributed by atoms with Gasteiger partial charge in [-0.15, -0.1) is 0 Å². The first kappa shape index (κ1) is 19.4. The van der Waals surface area contributed by atoms with Crippen molar-refractivity contribution in [2.24, 2.45) is 5.73 Å². The number of methoxy groups -OCH3 is 1. The normalized spacial score (nSPS) is 18.5. The third kappa shape index (κ3) is 4.00. The number of rotatable bonds is 5. The summed E-state index contributed by atoms with van der Waals surface area (Å²) in [6.07, 6.45) is 3.72. The Labute approximate surface area is 159 Å². The number of likely N-dealkylation sites (tertiary alicyclic amines) is 1. The topological polar surface area (TPSA) is 85.8 Å². The molecule has 2 heterocycles. The first-order valence-corrected chi connectivity index (χ1v) is 9.57. The van der Waals surface area contributed by atoms with Crippen LogP contribution in [0.15, 0.2) is 27.4 Å². The summed E-state index contributed by atoms with van der Waals surface area (Å²) >= 11 is 0. The molecule has 0 aliphatic carbocycles. The highest BCUT2D eigenvalue weighted by Gasteiger charge is 2.29. The van der Waals surface area contributed by atoms with Crippen LogP contribution in [0.1, 0.15) is 43.7 Å². The molecule has 2 aromatic rings. The van der Waals surface area contributed by atoms with Crippen molar-refractivity contribution in [3.8, 4) is 5.75 Å². The molecule has 1 amide bonds. The minimum Gasteiger partial charge on any atom is -0.497 e. The molecule has 0 radical (unpaired) electrons. The van der Waals surface area contributed by atoms with Crippen LogP contribution in [-0.4, -0.2) is 36.5 Å². The van der Waals surface area contributed by atoms with Crippen LogP contribution in [0, 0.1) is 6.92 Å². The monoisotopic (exact) mass is 372 g/mol. The molecule has 6 heteroatoms. The Morgan fingerprint density at radius 3 is 2.89 bits per heavy atom. The molecule has 1 aromatic heterocycles. The Kier molecular flexibility index (Phi) is 5.85. The van der Waals surface area contributed by atoms with Gasteiger partial charge < -0.3 is 19.8 Å². The lowest BCUT2D eigenvalue weighted by Gasteiger charge is -2.38. The van der Waals surface area contributed by atoms with E-state index in [2.05, 4.69) is 0 Å². The number of hydrogen-bond acceptors (Lipinski definition) is 5. The fraction of sp³-hybridized carbons (Fsp3) is 0.524. The SMILES string of the molecule is COc1ccc2c(C)c(CCC(=O)N3CCCCC3C(C)N)c(=O)oc2c1. The number of amides is 1. The molecular formula is C21H28N2O4. The minimum absolute atomic E-state index is 0.0447. The first-order chi connectivity index (χ1) is 12.9. The molecule has 3 rings (SSSR count). The highest BCUT2D eigenvalue weighted by atomic mass is 16.5. The molecule has 6 nitrogen and oxygen atoms in total. The molecule has 0 saturated carbocycles. The second-order valence-electron chi connectivity index (χ2n) is 7.36. The fourth-order valence-electron chi connectivity index (χ4n) is 3.98. The van der Waals surface area contributed by atoms with Gasteiger partial charge >= 0.3 is 5.63 Å². The lowest BCUT2D eigenvalue weighted by atomic mass is 9.95.